The summed E-state index contributed by atoms with van der Waals surface area (Å²) in [6.07, 6.45) is 7.47. The van der Waals surface area contributed by atoms with Crippen LogP contribution in [0, 0.1) is 6.92 Å². The van der Waals surface area contributed by atoms with Gasteiger partial charge in [0.15, 0.2) is 0 Å². The van der Waals surface area contributed by atoms with Crippen molar-refractivity contribution in [3.05, 3.63) is 51.6 Å². The second-order valence-corrected chi connectivity index (χ2v) is 5.82. The number of carbonyl (C=O) groups is 1. The molecule has 1 saturated heterocycles. The highest BCUT2D eigenvalue weighted by molar-refractivity contribution is 5.95. The van der Waals surface area contributed by atoms with E-state index in [0.29, 0.717) is 17.0 Å². The van der Waals surface area contributed by atoms with Gasteiger partial charge in [-0.2, -0.15) is 0 Å². The Kier molecular flexibility index (Phi) is 5.42. The van der Waals surface area contributed by atoms with E-state index in [1.54, 1.807) is 23.9 Å². The third kappa shape index (κ3) is 3.55. The van der Waals surface area contributed by atoms with E-state index in [-0.39, 0.29) is 11.5 Å². The first-order valence-corrected chi connectivity index (χ1v) is 8.05. The molecule has 1 aliphatic heterocycles. The Labute approximate surface area is 137 Å². The fourth-order valence-electron chi connectivity index (χ4n) is 2.81. The average Bonchev–Trinajstić information content (AvgIpc) is 3.08. The maximum atomic E-state index is 12.6. The van der Waals surface area contributed by atoms with Crippen molar-refractivity contribution in [2.75, 3.05) is 13.1 Å². The molecule has 2 heterocycles. The molecule has 1 N–H and O–H groups in total. The zero-order valence-corrected chi connectivity index (χ0v) is 14.3. The lowest BCUT2D eigenvalue weighted by molar-refractivity contribution is -0.126. The molecule has 0 unspecified atom stereocenters. The highest BCUT2D eigenvalue weighted by Gasteiger charge is 2.22. The summed E-state index contributed by atoms with van der Waals surface area (Å²) in [7, 11) is 1.73. The number of allylic oxidation sites excluding steroid dienone is 2. The molecular formula is C18H25N3O2. The van der Waals surface area contributed by atoms with Gasteiger partial charge in [-0.3, -0.25) is 9.59 Å². The Balaban J connectivity index is 2.31. The number of nitrogens with zero attached hydrogens (tertiary/aromatic N) is 2. The van der Waals surface area contributed by atoms with Crippen LogP contribution in [0.3, 0.4) is 0 Å². The molecule has 0 radical (unpaired) electrons. The molecule has 5 heteroatoms. The van der Waals surface area contributed by atoms with Gasteiger partial charge < -0.3 is 14.8 Å². The van der Waals surface area contributed by atoms with E-state index in [1.807, 2.05) is 37.8 Å². The maximum Gasteiger partial charge on any atom is 0.269 e. The molecule has 1 aliphatic rings. The number of hydrogen-bond donors (Lipinski definition) is 1. The zero-order chi connectivity index (χ0) is 17.0. The predicted octanol–water partition coefficient (Wildman–Crippen LogP) is 2.17. The van der Waals surface area contributed by atoms with E-state index in [2.05, 4.69) is 5.32 Å². The van der Waals surface area contributed by atoms with Gasteiger partial charge in [-0.15, -0.1) is 0 Å². The van der Waals surface area contributed by atoms with Crippen LogP contribution in [0.2, 0.25) is 0 Å². The van der Waals surface area contributed by atoms with Gasteiger partial charge >= 0.3 is 0 Å². The number of amides is 1. The molecule has 0 saturated carbocycles. The summed E-state index contributed by atoms with van der Waals surface area (Å²) in [5.41, 5.74) is 2.60. The normalized spacial score (nSPS) is 15.9. The Morgan fingerprint density at radius 3 is 2.43 bits per heavy atom. The standard InChI is InChI=1S/C18H25N3O2/c1-5-14(16-13(3)9-12-20(4)18(16)23)19-15(6-2)17(22)21-10-7-8-11-21/h5-6,9,12,19H,7-8,10-11H2,1-4H3/b14-5-,15-6-. The molecule has 1 fully saturated rings. The number of rotatable bonds is 4. The Morgan fingerprint density at radius 1 is 1.22 bits per heavy atom. The molecule has 0 aromatic carbocycles. The maximum absolute atomic E-state index is 12.6. The minimum Gasteiger partial charge on any atom is -0.351 e. The number of aryl methyl sites for hydroxylation is 2. The fourth-order valence-corrected chi connectivity index (χ4v) is 2.81. The molecular weight excluding hydrogens is 290 g/mol. The van der Waals surface area contributed by atoms with Crippen LogP contribution in [0.1, 0.15) is 37.8 Å². The lowest BCUT2D eigenvalue weighted by atomic mass is 10.1. The van der Waals surface area contributed by atoms with E-state index < -0.39 is 0 Å². The molecule has 124 valence electrons. The highest BCUT2D eigenvalue weighted by atomic mass is 16.2. The minimum atomic E-state index is -0.0744. The monoisotopic (exact) mass is 315 g/mol. The van der Waals surface area contributed by atoms with Crippen molar-refractivity contribution < 1.29 is 4.79 Å². The lowest BCUT2D eigenvalue weighted by Gasteiger charge is -2.20. The smallest absolute Gasteiger partial charge is 0.269 e. The number of hydrogen-bond acceptors (Lipinski definition) is 3. The lowest BCUT2D eigenvalue weighted by Crippen LogP contribution is -2.35. The van der Waals surface area contributed by atoms with Crippen molar-refractivity contribution in [1.29, 1.82) is 0 Å². The summed E-state index contributed by atoms with van der Waals surface area (Å²) in [6, 6.07) is 1.90. The number of aromatic nitrogens is 1. The van der Waals surface area contributed by atoms with E-state index in [9.17, 15) is 9.59 Å². The average molecular weight is 315 g/mol. The van der Waals surface area contributed by atoms with Crippen LogP contribution in [-0.2, 0) is 11.8 Å². The number of nitrogens with one attached hydrogen (secondary N) is 1. The quantitative estimate of drug-likeness (QED) is 0.867. The fraction of sp³-hybridized carbons (Fsp3) is 0.444. The molecule has 0 atom stereocenters. The summed E-state index contributed by atoms with van der Waals surface area (Å²) in [5.74, 6) is -0.00485. The molecule has 1 aromatic rings. The van der Waals surface area contributed by atoms with Crippen molar-refractivity contribution in [3.8, 4) is 0 Å². The van der Waals surface area contributed by atoms with Gasteiger partial charge in [-0.1, -0.05) is 12.2 Å². The zero-order valence-electron chi connectivity index (χ0n) is 14.3. The highest BCUT2D eigenvalue weighted by Crippen LogP contribution is 2.16. The second kappa shape index (κ2) is 7.31. The predicted molar refractivity (Wildman–Crippen MR) is 92.8 cm³/mol. The van der Waals surface area contributed by atoms with E-state index >= 15 is 0 Å². The van der Waals surface area contributed by atoms with E-state index in [1.165, 1.54) is 0 Å². The summed E-state index contributed by atoms with van der Waals surface area (Å²) in [6.45, 7) is 7.20. The molecule has 1 aromatic heterocycles. The van der Waals surface area contributed by atoms with Crippen LogP contribution in [-0.4, -0.2) is 28.5 Å². The van der Waals surface area contributed by atoms with Gasteiger partial charge in [0.1, 0.15) is 5.70 Å². The van der Waals surface area contributed by atoms with Crippen LogP contribution in [0.15, 0.2) is 34.9 Å². The summed E-state index contributed by atoms with van der Waals surface area (Å²) in [4.78, 5) is 26.9. The molecule has 0 aliphatic carbocycles. The van der Waals surface area contributed by atoms with Crippen LogP contribution >= 0.6 is 0 Å². The van der Waals surface area contributed by atoms with Gasteiger partial charge in [-0.05, 0) is 45.2 Å². The van der Waals surface area contributed by atoms with Gasteiger partial charge in [0, 0.05) is 32.0 Å². The SMILES string of the molecule is C/C=C(\N/C(=C\C)c1c(C)ccn(C)c1=O)C(=O)N1CCCC1. The summed E-state index contributed by atoms with van der Waals surface area (Å²) in [5, 5.41) is 3.17. The van der Waals surface area contributed by atoms with Gasteiger partial charge in [-0.25, -0.2) is 0 Å². The molecule has 2 rings (SSSR count). The first-order valence-electron chi connectivity index (χ1n) is 8.05. The van der Waals surface area contributed by atoms with Crippen molar-refractivity contribution in [2.45, 2.75) is 33.6 Å². The third-order valence-corrected chi connectivity index (χ3v) is 4.22. The van der Waals surface area contributed by atoms with Crippen molar-refractivity contribution >= 4 is 11.6 Å². The van der Waals surface area contributed by atoms with Crippen LogP contribution in [0.5, 0.6) is 0 Å². The number of carbonyl (C=O) groups excluding carboxylic acids is 1. The number of likely N-dealkylation sites (tertiary alicyclic amines) is 1. The van der Waals surface area contributed by atoms with Gasteiger partial charge in [0.05, 0.1) is 5.56 Å². The minimum absolute atomic E-state index is 0.00485. The third-order valence-electron chi connectivity index (χ3n) is 4.22. The van der Waals surface area contributed by atoms with Crippen molar-refractivity contribution in [2.24, 2.45) is 7.05 Å². The van der Waals surface area contributed by atoms with Crippen molar-refractivity contribution in [3.63, 3.8) is 0 Å². The molecule has 5 nitrogen and oxygen atoms in total. The molecule has 0 spiro atoms. The van der Waals surface area contributed by atoms with Crippen molar-refractivity contribution in [1.82, 2.24) is 14.8 Å². The topological polar surface area (TPSA) is 54.3 Å². The second-order valence-electron chi connectivity index (χ2n) is 5.82. The molecule has 23 heavy (non-hydrogen) atoms. The van der Waals surface area contributed by atoms with E-state index in [4.69, 9.17) is 0 Å². The van der Waals surface area contributed by atoms with Gasteiger partial charge in [0.25, 0.3) is 11.5 Å². The Morgan fingerprint density at radius 2 is 1.87 bits per heavy atom. The molecule has 0 bridgehead atoms. The molecule has 1 amide bonds. The van der Waals surface area contributed by atoms with E-state index in [0.717, 1.165) is 31.5 Å². The Bertz CT molecular complexity index is 707. The summed E-state index contributed by atoms with van der Waals surface area (Å²) < 4.78 is 1.55. The first-order chi connectivity index (χ1) is 11.0. The van der Waals surface area contributed by atoms with Crippen LogP contribution in [0.4, 0.5) is 0 Å². The largest absolute Gasteiger partial charge is 0.351 e. The Hall–Kier alpha value is -2.30. The van der Waals surface area contributed by atoms with Crippen LogP contribution in [0.25, 0.3) is 5.70 Å². The summed E-state index contributed by atoms with van der Waals surface area (Å²) >= 11 is 0. The number of pyridine rings is 1. The van der Waals surface area contributed by atoms with Gasteiger partial charge in [0.2, 0.25) is 0 Å². The van der Waals surface area contributed by atoms with Crippen LogP contribution < -0.4 is 10.9 Å². The first kappa shape index (κ1) is 17.1.